The first-order chi connectivity index (χ1) is 15.0. The maximum Gasteiger partial charge on any atom is 0.418 e. The SMILES string of the molecule is CCCn1c(C)cc(/C=C(\C#N)C(=O)OC(C)C(=O)Nc2ccccc2C(F)(F)F)c1C. The highest BCUT2D eigenvalue weighted by Crippen LogP contribution is 2.34. The van der Waals surface area contributed by atoms with Crippen molar-refractivity contribution in [1.82, 2.24) is 4.57 Å². The number of carbonyl (C=O) groups excluding carboxylic acids is 2. The molecule has 6 nitrogen and oxygen atoms in total. The van der Waals surface area contributed by atoms with Gasteiger partial charge in [0.2, 0.25) is 0 Å². The molecule has 2 aromatic rings. The van der Waals surface area contributed by atoms with Gasteiger partial charge in [0.15, 0.2) is 6.10 Å². The number of amides is 1. The molecule has 9 heteroatoms. The van der Waals surface area contributed by atoms with Crippen molar-refractivity contribution in [2.24, 2.45) is 0 Å². The molecule has 1 N–H and O–H groups in total. The second kappa shape index (κ2) is 10.2. The largest absolute Gasteiger partial charge is 0.448 e. The second-order valence-corrected chi connectivity index (χ2v) is 7.23. The molecule has 1 heterocycles. The number of carbonyl (C=O) groups is 2. The summed E-state index contributed by atoms with van der Waals surface area (Å²) in [5, 5.41) is 11.5. The Labute approximate surface area is 184 Å². The molecule has 0 fully saturated rings. The fourth-order valence-corrected chi connectivity index (χ4v) is 3.19. The van der Waals surface area contributed by atoms with Crippen molar-refractivity contribution in [2.45, 2.75) is 52.9 Å². The lowest BCUT2D eigenvalue weighted by Gasteiger charge is -2.16. The Balaban J connectivity index is 2.16. The molecule has 2 rings (SSSR count). The van der Waals surface area contributed by atoms with Crippen LogP contribution in [0, 0.1) is 25.2 Å². The van der Waals surface area contributed by atoms with Crippen LogP contribution in [0.2, 0.25) is 0 Å². The van der Waals surface area contributed by atoms with E-state index < -0.39 is 35.4 Å². The summed E-state index contributed by atoms with van der Waals surface area (Å²) in [6, 6.07) is 8.06. The lowest BCUT2D eigenvalue weighted by molar-refractivity contribution is -0.149. The van der Waals surface area contributed by atoms with Crippen LogP contribution in [0.3, 0.4) is 0 Å². The molecule has 0 bridgehead atoms. The number of ether oxygens (including phenoxy) is 1. The zero-order valence-electron chi connectivity index (χ0n) is 18.2. The van der Waals surface area contributed by atoms with Crippen LogP contribution in [0.5, 0.6) is 0 Å². The summed E-state index contributed by atoms with van der Waals surface area (Å²) in [5.74, 6) is -1.99. The number of para-hydroxylation sites is 1. The zero-order chi connectivity index (χ0) is 24.1. The van der Waals surface area contributed by atoms with Crippen LogP contribution in [0.25, 0.3) is 6.08 Å². The number of alkyl halides is 3. The highest BCUT2D eigenvalue weighted by atomic mass is 19.4. The molecule has 1 amide bonds. The first-order valence-corrected chi connectivity index (χ1v) is 9.96. The summed E-state index contributed by atoms with van der Waals surface area (Å²) >= 11 is 0. The molecule has 32 heavy (non-hydrogen) atoms. The number of hydrogen-bond donors (Lipinski definition) is 1. The molecule has 1 atom stereocenters. The van der Waals surface area contributed by atoms with Gasteiger partial charge in [0.25, 0.3) is 5.91 Å². The van der Waals surface area contributed by atoms with E-state index in [-0.39, 0.29) is 5.57 Å². The lowest BCUT2D eigenvalue weighted by Crippen LogP contribution is -2.31. The van der Waals surface area contributed by atoms with Crippen LogP contribution >= 0.6 is 0 Å². The summed E-state index contributed by atoms with van der Waals surface area (Å²) in [5.41, 5.74) is 0.716. The molecule has 0 spiro atoms. The Morgan fingerprint density at radius 1 is 1.28 bits per heavy atom. The van der Waals surface area contributed by atoms with Gasteiger partial charge in [-0.3, -0.25) is 4.79 Å². The molecule has 0 aliphatic heterocycles. The number of benzene rings is 1. The van der Waals surface area contributed by atoms with Gasteiger partial charge < -0.3 is 14.6 Å². The standard InChI is InChI=1S/C23H24F3N3O3/c1-5-10-29-14(2)11-17(15(29)3)12-18(13-27)22(31)32-16(4)21(30)28-20-9-7-6-8-19(20)23(24,25)26/h6-9,11-12,16H,5,10H2,1-4H3,(H,28,30)/b18-12+. The number of nitrogens with zero attached hydrogens (tertiary/aromatic N) is 2. The van der Waals surface area contributed by atoms with E-state index in [1.165, 1.54) is 25.1 Å². The van der Waals surface area contributed by atoms with E-state index in [1.807, 2.05) is 26.8 Å². The average Bonchev–Trinajstić information content (AvgIpc) is 2.99. The van der Waals surface area contributed by atoms with Crippen LogP contribution in [0.15, 0.2) is 35.9 Å². The van der Waals surface area contributed by atoms with Crippen molar-refractivity contribution in [3.63, 3.8) is 0 Å². The van der Waals surface area contributed by atoms with Gasteiger partial charge in [-0.2, -0.15) is 18.4 Å². The number of anilines is 1. The first-order valence-electron chi connectivity index (χ1n) is 9.96. The maximum atomic E-state index is 13.1. The number of halogens is 3. The normalized spacial score (nSPS) is 12.8. The van der Waals surface area contributed by atoms with Crippen LogP contribution in [0.4, 0.5) is 18.9 Å². The fourth-order valence-electron chi connectivity index (χ4n) is 3.19. The van der Waals surface area contributed by atoms with Crippen LogP contribution in [0.1, 0.15) is 42.8 Å². The minimum Gasteiger partial charge on any atom is -0.448 e. The molecule has 0 aliphatic rings. The number of nitriles is 1. The van der Waals surface area contributed by atoms with Crippen LogP contribution in [-0.4, -0.2) is 22.5 Å². The van der Waals surface area contributed by atoms with Gasteiger partial charge in [0.1, 0.15) is 11.6 Å². The molecular formula is C23H24F3N3O3. The van der Waals surface area contributed by atoms with Gasteiger partial charge >= 0.3 is 12.1 Å². The van der Waals surface area contributed by atoms with Gasteiger partial charge in [0.05, 0.1) is 11.3 Å². The van der Waals surface area contributed by atoms with E-state index in [9.17, 15) is 28.0 Å². The fraction of sp³-hybridized carbons (Fsp3) is 0.348. The third-order valence-corrected chi connectivity index (χ3v) is 4.84. The molecule has 0 saturated carbocycles. The minimum absolute atomic E-state index is 0.322. The average molecular weight is 447 g/mol. The topological polar surface area (TPSA) is 84.1 Å². The molecular weight excluding hydrogens is 423 g/mol. The third-order valence-electron chi connectivity index (χ3n) is 4.84. The van der Waals surface area contributed by atoms with Crippen LogP contribution < -0.4 is 5.32 Å². The van der Waals surface area contributed by atoms with Gasteiger partial charge in [0, 0.05) is 17.9 Å². The van der Waals surface area contributed by atoms with E-state index in [4.69, 9.17) is 4.74 Å². The minimum atomic E-state index is -4.66. The van der Waals surface area contributed by atoms with Gasteiger partial charge in [-0.1, -0.05) is 19.1 Å². The first kappa shape index (κ1) is 24.7. The molecule has 1 aromatic carbocycles. The highest BCUT2D eigenvalue weighted by molar-refractivity contribution is 6.01. The number of nitrogens with one attached hydrogen (secondary N) is 1. The number of rotatable bonds is 7. The summed E-state index contributed by atoms with van der Waals surface area (Å²) in [4.78, 5) is 24.7. The van der Waals surface area contributed by atoms with Crippen molar-refractivity contribution in [3.8, 4) is 6.07 Å². The second-order valence-electron chi connectivity index (χ2n) is 7.23. The summed E-state index contributed by atoms with van der Waals surface area (Å²) < 4.78 is 46.4. The summed E-state index contributed by atoms with van der Waals surface area (Å²) in [6.45, 7) is 7.81. The van der Waals surface area contributed by atoms with E-state index in [0.717, 1.165) is 36.5 Å². The number of aryl methyl sites for hydroxylation is 1. The smallest absolute Gasteiger partial charge is 0.418 e. The molecule has 0 aliphatic carbocycles. The number of hydrogen-bond acceptors (Lipinski definition) is 4. The summed E-state index contributed by atoms with van der Waals surface area (Å²) in [6.07, 6.45) is -3.80. The van der Waals surface area contributed by atoms with Gasteiger partial charge in [-0.25, -0.2) is 4.79 Å². The molecule has 170 valence electrons. The Morgan fingerprint density at radius 2 is 1.94 bits per heavy atom. The Morgan fingerprint density at radius 3 is 2.53 bits per heavy atom. The van der Waals surface area contributed by atoms with E-state index in [0.29, 0.717) is 5.56 Å². The molecule has 0 radical (unpaired) electrons. The van der Waals surface area contributed by atoms with Crippen molar-refractivity contribution < 1.29 is 27.5 Å². The quantitative estimate of drug-likeness (QED) is 0.367. The van der Waals surface area contributed by atoms with Crippen LogP contribution in [-0.2, 0) is 27.0 Å². The number of esters is 1. The van der Waals surface area contributed by atoms with Crippen molar-refractivity contribution in [2.75, 3.05) is 5.32 Å². The maximum absolute atomic E-state index is 13.1. The molecule has 0 saturated heterocycles. The van der Waals surface area contributed by atoms with Gasteiger partial charge in [-0.15, -0.1) is 0 Å². The monoisotopic (exact) mass is 447 g/mol. The van der Waals surface area contributed by atoms with E-state index >= 15 is 0 Å². The van der Waals surface area contributed by atoms with Crippen molar-refractivity contribution >= 4 is 23.6 Å². The zero-order valence-corrected chi connectivity index (χ0v) is 18.2. The molecule has 1 unspecified atom stereocenters. The third kappa shape index (κ3) is 5.78. The van der Waals surface area contributed by atoms with Crippen molar-refractivity contribution in [1.29, 1.82) is 5.26 Å². The predicted molar refractivity (Wildman–Crippen MR) is 113 cm³/mol. The summed E-state index contributed by atoms with van der Waals surface area (Å²) in [7, 11) is 0. The predicted octanol–water partition coefficient (Wildman–Crippen LogP) is 5.01. The van der Waals surface area contributed by atoms with Gasteiger partial charge in [-0.05, 0) is 57.0 Å². The number of aromatic nitrogens is 1. The Hall–Kier alpha value is -3.54. The molecule has 1 aromatic heterocycles. The Kier molecular flexibility index (Phi) is 7.87. The Bertz CT molecular complexity index is 1080. The highest BCUT2D eigenvalue weighted by Gasteiger charge is 2.34. The lowest BCUT2D eigenvalue weighted by atomic mass is 10.1. The van der Waals surface area contributed by atoms with E-state index in [2.05, 4.69) is 9.88 Å². The van der Waals surface area contributed by atoms with E-state index in [1.54, 1.807) is 6.07 Å². The van der Waals surface area contributed by atoms with Crippen molar-refractivity contribution in [3.05, 3.63) is 58.4 Å².